The number of carbonyl (C=O) groups excluding carboxylic acids is 1. The summed E-state index contributed by atoms with van der Waals surface area (Å²) in [6.45, 7) is 1.74. The SMILES string of the molecule is CC[C@@H](C(=O)Nc1cc(Cl)ccc1Cl)N(c1ccccc1)S(C)(=O)=O. The molecule has 2 rings (SSSR count). The van der Waals surface area contributed by atoms with Crippen LogP contribution in [0.3, 0.4) is 0 Å². The molecule has 0 fully saturated rings. The van der Waals surface area contributed by atoms with E-state index in [1.165, 1.54) is 6.07 Å². The van der Waals surface area contributed by atoms with Crippen LogP contribution in [-0.4, -0.2) is 26.6 Å². The van der Waals surface area contributed by atoms with Crippen molar-refractivity contribution < 1.29 is 13.2 Å². The molecule has 1 atom stereocenters. The maximum atomic E-state index is 12.7. The van der Waals surface area contributed by atoms with Crippen LogP contribution in [0.5, 0.6) is 0 Å². The first-order valence-corrected chi connectivity index (χ1v) is 10.1. The molecule has 0 saturated heterocycles. The Kier molecular flexibility index (Phi) is 6.32. The van der Waals surface area contributed by atoms with Crippen molar-refractivity contribution in [1.29, 1.82) is 0 Å². The van der Waals surface area contributed by atoms with E-state index in [2.05, 4.69) is 5.32 Å². The average molecular weight is 401 g/mol. The van der Waals surface area contributed by atoms with E-state index in [1.54, 1.807) is 49.4 Å². The molecular formula is C17H18Cl2N2O3S. The van der Waals surface area contributed by atoms with E-state index in [4.69, 9.17) is 23.2 Å². The molecule has 1 amide bonds. The molecule has 25 heavy (non-hydrogen) atoms. The van der Waals surface area contributed by atoms with Crippen molar-refractivity contribution in [2.24, 2.45) is 0 Å². The highest BCUT2D eigenvalue weighted by Crippen LogP contribution is 2.27. The van der Waals surface area contributed by atoms with Crippen LogP contribution in [-0.2, 0) is 14.8 Å². The molecule has 134 valence electrons. The Hall–Kier alpha value is -1.76. The number of benzene rings is 2. The summed E-state index contributed by atoms with van der Waals surface area (Å²) in [6, 6.07) is 12.2. The minimum absolute atomic E-state index is 0.284. The standard InChI is InChI=1S/C17H18Cl2N2O3S/c1-3-16(17(22)20-15-11-12(18)9-10-14(15)19)21(25(2,23)24)13-7-5-4-6-8-13/h4-11,16H,3H2,1-2H3,(H,20,22)/t16-/m0/s1. The van der Waals surface area contributed by atoms with Crippen LogP contribution in [0.25, 0.3) is 0 Å². The predicted octanol–water partition coefficient (Wildman–Crippen LogP) is 4.18. The molecule has 0 saturated carbocycles. The van der Waals surface area contributed by atoms with Gasteiger partial charge in [-0.3, -0.25) is 9.10 Å². The van der Waals surface area contributed by atoms with Crippen molar-refractivity contribution in [2.45, 2.75) is 19.4 Å². The Morgan fingerprint density at radius 1 is 1.16 bits per heavy atom. The maximum Gasteiger partial charge on any atom is 0.248 e. The summed E-state index contributed by atoms with van der Waals surface area (Å²) in [5.41, 5.74) is 0.753. The van der Waals surface area contributed by atoms with Gasteiger partial charge in [-0.05, 0) is 36.8 Å². The molecule has 2 aromatic rings. The first-order chi connectivity index (χ1) is 11.7. The van der Waals surface area contributed by atoms with Crippen LogP contribution < -0.4 is 9.62 Å². The van der Waals surface area contributed by atoms with E-state index in [0.29, 0.717) is 21.4 Å². The summed E-state index contributed by atoms with van der Waals surface area (Å²) in [6.07, 6.45) is 1.36. The van der Waals surface area contributed by atoms with E-state index in [0.717, 1.165) is 10.6 Å². The van der Waals surface area contributed by atoms with Gasteiger partial charge in [0.1, 0.15) is 6.04 Å². The summed E-state index contributed by atoms with van der Waals surface area (Å²) in [7, 11) is -3.67. The molecular weight excluding hydrogens is 383 g/mol. The lowest BCUT2D eigenvalue weighted by Gasteiger charge is -2.30. The van der Waals surface area contributed by atoms with Crippen LogP contribution >= 0.6 is 23.2 Å². The van der Waals surface area contributed by atoms with E-state index in [9.17, 15) is 13.2 Å². The van der Waals surface area contributed by atoms with Gasteiger partial charge < -0.3 is 5.32 Å². The van der Waals surface area contributed by atoms with E-state index >= 15 is 0 Å². The molecule has 0 aliphatic rings. The summed E-state index contributed by atoms with van der Waals surface area (Å²) in [5.74, 6) is -0.485. The zero-order valence-electron chi connectivity index (χ0n) is 13.7. The number of rotatable bonds is 6. The second-order valence-corrected chi connectivity index (χ2v) is 8.13. The van der Waals surface area contributed by atoms with E-state index < -0.39 is 22.0 Å². The smallest absolute Gasteiger partial charge is 0.248 e. The number of carbonyl (C=O) groups is 1. The Bertz CT molecular complexity index is 857. The summed E-state index contributed by atoms with van der Waals surface area (Å²) < 4.78 is 25.7. The number of hydrogen-bond acceptors (Lipinski definition) is 3. The average Bonchev–Trinajstić information content (AvgIpc) is 2.55. The number of halogens is 2. The monoisotopic (exact) mass is 400 g/mol. The highest BCUT2D eigenvalue weighted by atomic mass is 35.5. The van der Waals surface area contributed by atoms with Gasteiger partial charge in [0.05, 0.1) is 22.7 Å². The van der Waals surface area contributed by atoms with Crippen LogP contribution in [0, 0.1) is 0 Å². The molecule has 0 unspecified atom stereocenters. The van der Waals surface area contributed by atoms with E-state index in [-0.39, 0.29) is 6.42 Å². The van der Waals surface area contributed by atoms with Crippen molar-refractivity contribution in [3.63, 3.8) is 0 Å². The molecule has 0 heterocycles. The van der Waals surface area contributed by atoms with E-state index in [1.807, 2.05) is 0 Å². The van der Waals surface area contributed by atoms with Crippen molar-refractivity contribution in [2.75, 3.05) is 15.9 Å². The number of nitrogens with one attached hydrogen (secondary N) is 1. The normalized spacial score (nSPS) is 12.5. The van der Waals surface area contributed by atoms with Crippen LogP contribution in [0.2, 0.25) is 10.0 Å². The van der Waals surface area contributed by atoms with Gasteiger partial charge in [0.2, 0.25) is 15.9 Å². The lowest BCUT2D eigenvalue weighted by Crippen LogP contribution is -2.47. The fourth-order valence-corrected chi connectivity index (χ4v) is 3.99. The van der Waals surface area contributed by atoms with Crippen LogP contribution in [0.15, 0.2) is 48.5 Å². The molecule has 1 N–H and O–H groups in total. The zero-order chi connectivity index (χ0) is 18.6. The van der Waals surface area contributed by atoms with Crippen LogP contribution in [0.4, 0.5) is 11.4 Å². The van der Waals surface area contributed by atoms with Gasteiger partial charge in [-0.2, -0.15) is 0 Å². The lowest BCUT2D eigenvalue weighted by atomic mass is 10.2. The number of nitrogens with zero attached hydrogens (tertiary/aromatic N) is 1. The topological polar surface area (TPSA) is 66.5 Å². The van der Waals surface area contributed by atoms with Crippen molar-refractivity contribution in [1.82, 2.24) is 0 Å². The fraction of sp³-hybridized carbons (Fsp3) is 0.235. The maximum absolute atomic E-state index is 12.7. The summed E-state index contributed by atoms with van der Waals surface area (Å²) in [4.78, 5) is 12.7. The minimum atomic E-state index is -3.67. The molecule has 0 radical (unpaired) electrons. The van der Waals surface area contributed by atoms with Crippen LogP contribution in [0.1, 0.15) is 13.3 Å². The highest BCUT2D eigenvalue weighted by Gasteiger charge is 2.31. The second-order valence-electron chi connectivity index (χ2n) is 5.43. The van der Waals surface area contributed by atoms with Gasteiger partial charge >= 0.3 is 0 Å². The Morgan fingerprint density at radius 2 is 1.80 bits per heavy atom. The predicted molar refractivity (Wildman–Crippen MR) is 103 cm³/mol. The van der Waals surface area contributed by atoms with Crippen molar-refractivity contribution in [3.05, 3.63) is 58.6 Å². The fourth-order valence-electron chi connectivity index (χ4n) is 2.44. The Balaban J connectivity index is 2.38. The van der Waals surface area contributed by atoms with Gasteiger partial charge in [-0.25, -0.2) is 8.42 Å². The quantitative estimate of drug-likeness (QED) is 0.790. The molecule has 2 aromatic carbocycles. The summed E-state index contributed by atoms with van der Waals surface area (Å²) in [5, 5.41) is 3.39. The Labute approximate surface area is 157 Å². The zero-order valence-corrected chi connectivity index (χ0v) is 16.1. The molecule has 0 aliphatic heterocycles. The number of amides is 1. The molecule has 0 spiro atoms. The number of sulfonamides is 1. The number of hydrogen-bond donors (Lipinski definition) is 1. The van der Waals surface area contributed by atoms with Crippen molar-refractivity contribution >= 4 is 50.5 Å². The molecule has 0 aromatic heterocycles. The third-order valence-electron chi connectivity index (χ3n) is 3.53. The molecule has 0 aliphatic carbocycles. The molecule has 5 nitrogen and oxygen atoms in total. The second kappa shape index (κ2) is 8.08. The first kappa shape index (κ1) is 19.6. The van der Waals surface area contributed by atoms with Gasteiger partial charge in [0, 0.05) is 5.02 Å². The number of anilines is 2. The summed E-state index contributed by atoms with van der Waals surface area (Å²) >= 11 is 12.0. The third kappa shape index (κ3) is 4.87. The van der Waals surface area contributed by atoms with Crippen molar-refractivity contribution in [3.8, 4) is 0 Å². The highest BCUT2D eigenvalue weighted by molar-refractivity contribution is 7.92. The van der Waals surface area contributed by atoms with Gasteiger partial charge in [0.15, 0.2) is 0 Å². The largest absolute Gasteiger partial charge is 0.323 e. The third-order valence-corrected chi connectivity index (χ3v) is 5.27. The molecule has 0 bridgehead atoms. The van der Waals surface area contributed by atoms with Gasteiger partial charge in [-0.1, -0.05) is 48.3 Å². The van der Waals surface area contributed by atoms with Gasteiger partial charge in [0.25, 0.3) is 0 Å². The molecule has 8 heteroatoms. The number of para-hydroxylation sites is 1. The first-order valence-electron chi connectivity index (χ1n) is 7.54. The Morgan fingerprint density at radius 3 is 2.36 bits per heavy atom. The lowest BCUT2D eigenvalue weighted by molar-refractivity contribution is -0.117. The minimum Gasteiger partial charge on any atom is -0.323 e. The van der Waals surface area contributed by atoms with Gasteiger partial charge in [-0.15, -0.1) is 0 Å².